The molecule has 0 aliphatic heterocycles. The summed E-state index contributed by atoms with van der Waals surface area (Å²) in [6, 6.07) is 11.3. The first-order chi connectivity index (χ1) is 8.63. The highest BCUT2D eigenvalue weighted by Crippen LogP contribution is 2.14. The highest BCUT2D eigenvalue weighted by molar-refractivity contribution is 5.14. The molecule has 1 atom stereocenters. The Labute approximate surface area is 112 Å². The van der Waals surface area contributed by atoms with Crippen molar-refractivity contribution < 1.29 is 0 Å². The number of rotatable bonds is 8. The Kier molecular flexibility index (Phi) is 6.99. The van der Waals surface area contributed by atoms with Crippen LogP contribution in [-0.2, 0) is 6.54 Å². The molecule has 1 aromatic carbocycles. The average molecular weight is 248 g/mol. The molecule has 18 heavy (non-hydrogen) atoms. The van der Waals surface area contributed by atoms with Crippen LogP contribution in [0.5, 0.6) is 0 Å². The quantitative estimate of drug-likeness (QED) is 0.765. The molecule has 1 rings (SSSR count). The Morgan fingerprint density at radius 3 is 2.28 bits per heavy atom. The second-order valence-electron chi connectivity index (χ2n) is 5.56. The first-order valence-corrected chi connectivity index (χ1v) is 7.11. The summed E-state index contributed by atoms with van der Waals surface area (Å²) in [5.41, 5.74) is 7.11. The van der Waals surface area contributed by atoms with Gasteiger partial charge in [0.05, 0.1) is 0 Å². The highest BCUT2D eigenvalue weighted by Gasteiger charge is 2.13. The van der Waals surface area contributed by atoms with E-state index < -0.39 is 0 Å². The zero-order valence-corrected chi connectivity index (χ0v) is 12.1. The fourth-order valence-corrected chi connectivity index (χ4v) is 2.20. The molecule has 2 nitrogen and oxygen atoms in total. The van der Waals surface area contributed by atoms with E-state index in [2.05, 4.69) is 56.0 Å². The van der Waals surface area contributed by atoms with Gasteiger partial charge in [-0.05, 0) is 31.2 Å². The molecule has 2 N–H and O–H groups in total. The molecule has 0 fully saturated rings. The Morgan fingerprint density at radius 2 is 1.72 bits per heavy atom. The maximum atomic E-state index is 5.74. The van der Waals surface area contributed by atoms with Crippen molar-refractivity contribution in [1.29, 1.82) is 0 Å². The third-order valence-corrected chi connectivity index (χ3v) is 3.43. The van der Waals surface area contributed by atoms with E-state index >= 15 is 0 Å². The fraction of sp³-hybridized carbons (Fsp3) is 0.625. The molecule has 102 valence electrons. The fourth-order valence-electron chi connectivity index (χ4n) is 2.20. The van der Waals surface area contributed by atoms with Gasteiger partial charge < -0.3 is 5.73 Å². The van der Waals surface area contributed by atoms with Crippen LogP contribution in [0.2, 0.25) is 0 Å². The van der Waals surface area contributed by atoms with Gasteiger partial charge in [0, 0.05) is 25.7 Å². The lowest BCUT2D eigenvalue weighted by atomic mass is 10.0. The van der Waals surface area contributed by atoms with E-state index in [9.17, 15) is 0 Å². The molecule has 0 radical (unpaired) electrons. The minimum Gasteiger partial charge on any atom is -0.329 e. The van der Waals surface area contributed by atoms with E-state index in [1.54, 1.807) is 0 Å². The molecule has 0 saturated carbocycles. The molecule has 0 aliphatic carbocycles. The summed E-state index contributed by atoms with van der Waals surface area (Å²) in [6.45, 7) is 9.62. The highest BCUT2D eigenvalue weighted by atomic mass is 15.2. The van der Waals surface area contributed by atoms with Gasteiger partial charge in [0.2, 0.25) is 0 Å². The summed E-state index contributed by atoms with van der Waals surface area (Å²) in [5, 5.41) is 0. The molecule has 0 heterocycles. The van der Waals surface area contributed by atoms with Gasteiger partial charge in [0.1, 0.15) is 0 Å². The summed E-state index contributed by atoms with van der Waals surface area (Å²) in [5.74, 6) is 0.781. The summed E-state index contributed by atoms with van der Waals surface area (Å²) < 4.78 is 0. The van der Waals surface area contributed by atoms with Gasteiger partial charge in [0.25, 0.3) is 0 Å². The van der Waals surface area contributed by atoms with Crippen molar-refractivity contribution in [3.8, 4) is 0 Å². The molecular weight excluding hydrogens is 220 g/mol. The minimum atomic E-state index is 0.608. The Bertz CT molecular complexity index is 308. The minimum absolute atomic E-state index is 0.608. The first-order valence-electron chi connectivity index (χ1n) is 7.11. The van der Waals surface area contributed by atoms with Crippen LogP contribution in [0.25, 0.3) is 0 Å². The largest absolute Gasteiger partial charge is 0.329 e. The van der Waals surface area contributed by atoms with Crippen LogP contribution in [0.3, 0.4) is 0 Å². The van der Waals surface area contributed by atoms with Crippen LogP contribution < -0.4 is 5.73 Å². The molecule has 0 spiro atoms. The Balaban J connectivity index is 2.53. The van der Waals surface area contributed by atoms with E-state index in [0.29, 0.717) is 6.04 Å². The summed E-state index contributed by atoms with van der Waals surface area (Å²) >= 11 is 0. The van der Waals surface area contributed by atoms with E-state index in [1.165, 1.54) is 18.4 Å². The van der Waals surface area contributed by atoms with Crippen LogP contribution in [0.15, 0.2) is 30.3 Å². The van der Waals surface area contributed by atoms with Crippen LogP contribution in [-0.4, -0.2) is 24.0 Å². The summed E-state index contributed by atoms with van der Waals surface area (Å²) in [7, 11) is 0. The topological polar surface area (TPSA) is 29.3 Å². The zero-order valence-electron chi connectivity index (χ0n) is 12.1. The zero-order chi connectivity index (χ0) is 13.4. The van der Waals surface area contributed by atoms with Crippen LogP contribution >= 0.6 is 0 Å². The second-order valence-corrected chi connectivity index (χ2v) is 5.56. The number of hydrogen-bond acceptors (Lipinski definition) is 2. The molecule has 0 bridgehead atoms. The molecule has 0 saturated heterocycles. The van der Waals surface area contributed by atoms with Gasteiger partial charge in [-0.3, -0.25) is 4.90 Å². The maximum absolute atomic E-state index is 5.74. The van der Waals surface area contributed by atoms with Crippen molar-refractivity contribution in [2.45, 2.75) is 46.2 Å². The van der Waals surface area contributed by atoms with E-state index in [1.807, 2.05) is 0 Å². The predicted molar refractivity (Wildman–Crippen MR) is 79.4 cm³/mol. The number of nitrogens with zero attached hydrogens (tertiary/aromatic N) is 1. The summed E-state index contributed by atoms with van der Waals surface area (Å²) in [6.07, 6.45) is 2.54. The number of benzene rings is 1. The Morgan fingerprint density at radius 1 is 1.06 bits per heavy atom. The lowest BCUT2D eigenvalue weighted by Gasteiger charge is -2.29. The second kappa shape index (κ2) is 8.28. The van der Waals surface area contributed by atoms with Crippen molar-refractivity contribution in [2.75, 3.05) is 13.1 Å². The van der Waals surface area contributed by atoms with Gasteiger partial charge in [0.15, 0.2) is 0 Å². The van der Waals surface area contributed by atoms with Gasteiger partial charge in [-0.15, -0.1) is 0 Å². The lowest BCUT2D eigenvalue weighted by molar-refractivity contribution is 0.189. The lowest BCUT2D eigenvalue weighted by Crippen LogP contribution is -2.36. The number of hydrogen-bond donors (Lipinski definition) is 1. The van der Waals surface area contributed by atoms with Gasteiger partial charge >= 0.3 is 0 Å². The van der Waals surface area contributed by atoms with Crippen LogP contribution in [0.1, 0.15) is 39.2 Å². The number of nitrogens with two attached hydrogens (primary N) is 1. The first kappa shape index (κ1) is 15.2. The summed E-state index contributed by atoms with van der Waals surface area (Å²) in [4.78, 5) is 2.50. The maximum Gasteiger partial charge on any atom is 0.0237 e. The van der Waals surface area contributed by atoms with E-state index in [0.717, 1.165) is 25.6 Å². The monoisotopic (exact) mass is 248 g/mol. The third-order valence-electron chi connectivity index (χ3n) is 3.43. The predicted octanol–water partition coefficient (Wildman–Crippen LogP) is 3.27. The van der Waals surface area contributed by atoms with Crippen LogP contribution in [0.4, 0.5) is 0 Å². The molecule has 2 heteroatoms. The third kappa shape index (κ3) is 5.65. The standard InChI is InChI=1S/C16H28N2/c1-14(2)9-10-15(3)18(12-11-17)13-16-7-5-4-6-8-16/h4-8,14-15H,9-13,17H2,1-3H3. The Hall–Kier alpha value is -0.860. The van der Waals surface area contributed by atoms with E-state index in [-0.39, 0.29) is 0 Å². The molecule has 0 aromatic heterocycles. The SMILES string of the molecule is CC(C)CCC(C)N(CCN)Cc1ccccc1. The molecular formula is C16H28N2. The van der Waals surface area contributed by atoms with Crippen molar-refractivity contribution in [3.05, 3.63) is 35.9 Å². The molecule has 0 amide bonds. The van der Waals surface area contributed by atoms with Crippen molar-refractivity contribution in [1.82, 2.24) is 4.90 Å². The van der Waals surface area contributed by atoms with Crippen LogP contribution in [0, 0.1) is 5.92 Å². The molecule has 1 unspecified atom stereocenters. The van der Waals surface area contributed by atoms with Gasteiger partial charge in [-0.2, -0.15) is 0 Å². The normalized spacial score (nSPS) is 13.2. The van der Waals surface area contributed by atoms with Gasteiger partial charge in [-0.25, -0.2) is 0 Å². The van der Waals surface area contributed by atoms with E-state index in [4.69, 9.17) is 5.73 Å². The van der Waals surface area contributed by atoms with Crippen molar-refractivity contribution in [3.63, 3.8) is 0 Å². The smallest absolute Gasteiger partial charge is 0.0237 e. The molecule has 1 aromatic rings. The average Bonchev–Trinajstić information content (AvgIpc) is 2.36. The van der Waals surface area contributed by atoms with Gasteiger partial charge in [-0.1, -0.05) is 44.2 Å². The molecule has 0 aliphatic rings. The van der Waals surface area contributed by atoms with Crippen molar-refractivity contribution >= 4 is 0 Å². The van der Waals surface area contributed by atoms with Crippen molar-refractivity contribution in [2.24, 2.45) is 11.7 Å².